The van der Waals surface area contributed by atoms with Crippen molar-refractivity contribution in [2.75, 3.05) is 0 Å². The van der Waals surface area contributed by atoms with Crippen LogP contribution in [0.2, 0.25) is 0 Å². The van der Waals surface area contributed by atoms with E-state index in [-0.39, 0.29) is 7.48 Å². The van der Waals surface area contributed by atoms with Gasteiger partial charge >= 0.3 is 13.6 Å². The lowest BCUT2D eigenvalue weighted by Gasteiger charge is -2.20. The van der Waals surface area contributed by atoms with Crippen LogP contribution in [0, 0.1) is 0 Å². The topological polar surface area (TPSA) is 51.5 Å². The molecule has 118 valence electrons. The van der Waals surface area contributed by atoms with Crippen LogP contribution in [0.5, 0.6) is 0 Å². The van der Waals surface area contributed by atoms with Crippen LogP contribution in [0.3, 0.4) is 0 Å². The molecule has 4 nitrogen and oxygen atoms in total. The van der Waals surface area contributed by atoms with Crippen molar-refractivity contribution in [2.45, 2.75) is 26.4 Å². The third kappa shape index (κ3) is 3.05. The van der Waals surface area contributed by atoms with Crippen molar-refractivity contribution >= 4 is 41.4 Å². The number of aromatic nitrogens is 1. The van der Waals surface area contributed by atoms with Gasteiger partial charge in [-0.3, -0.25) is 4.57 Å². The van der Waals surface area contributed by atoms with Crippen molar-refractivity contribution in [1.82, 2.24) is 4.57 Å². The van der Waals surface area contributed by atoms with Crippen LogP contribution >= 0.6 is 11.3 Å². The fraction of sp³-hybridized carbons (Fsp3) is 0.235. The lowest BCUT2D eigenvalue weighted by atomic mass is 9.95. The van der Waals surface area contributed by atoms with E-state index in [2.05, 4.69) is 0 Å². The fourth-order valence-corrected chi connectivity index (χ4v) is 3.34. The van der Waals surface area contributed by atoms with Gasteiger partial charge in [0.25, 0.3) is 0 Å². The van der Waals surface area contributed by atoms with Crippen LogP contribution in [-0.4, -0.2) is 28.8 Å². The van der Waals surface area contributed by atoms with Gasteiger partial charge in [0.1, 0.15) is 5.60 Å². The van der Waals surface area contributed by atoms with E-state index in [1.165, 1.54) is 4.57 Å². The Labute approximate surface area is 139 Å². The predicted molar refractivity (Wildman–Crippen MR) is 95.9 cm³/mol. The number of fused-ring (bicyclic) bond motifs is 1. The smallest absolute Gasteiger partial charge is 0.418 e. The average molecular weight is 327 g/mol. The van der Waals surface area contributed by atoms with Gasteiger partial charge in [0.05, 0.1) is 5.52 Å². The zero-order chi connectivity index (χ0) is 16.6. The molecule has 2 aromatic heterocycles. The van der Waals surface area contributed by atoms with Crippen molar-refractivity contribution in [3.8, 4) is 10.4 Å². The highest BCUT2D eigenvalue weighted by Crippen LogP contribution is 2.32. The van der Waals surface area contributed by atoms with Gasteiger partial charge in [-0.05, 0) is 44.4 Å². The Morgan fingerprint density at radius 3 is 2.65 bits per heavy atom. The maximum absolute atomic E-state index is 12.5. The first kappa shape index (κ1) is 15.8. The van der Waals surface area contributed by atoms with Gasteiger partial charge in [0.15, 0.2) is 0 Å². The number of thiophene rings is 1. The molecule has 1 N–H and O–H groups in total. The summed E-state index contributed by atoms with van der Waals surface area (Å²) in [4.78, 5) is 13.7. The summed E-state index contributed by atoms with van der Waals surface area (Å²) in [7, 11) is -0.224. The summed E-state index contributed by atoms with van der Waals surface area (Å²) in [5.41, 5.74) is 1.73. The van der Waals surface area contributed by atoms with E-state index in [1.807, 2.05) is 62.5 Å². The molecule has 0 spiro atoms. The molecule has 0 saturated carbocycles. The van der Waals surface area contributed by atoms with Crippen LogP contribution in [0.25, 0.3) is 21.3 Å². The minimum atomic E-state index is -0.592. The highest BCUT2D eigenvalue weighted by molar-refractivity contribution is 7.13. The lowest BCUT2D eigenvalue weighted by molar-refractivity contribution is 0.0549. The summed E-state index contributed by atoms with van der Waals surface area (Å²) < 4.78 is 6.93. The van der Waals surface area contributed by atoms with E-state index in [9.17, 15) is 9.82 Å². The second kappa shape index (κ2) is 5.87. The molecule has 0 unspecified atom stereocenters. The van der Waals surface area contributed by atoms with Crippen LogP contribution < -0.4 is 5.59 Å². The third-order valence-corrected chi connectivity index (χ3v) is 4.35. The van der Waals surface area contributed by atoms with Crippen LogP contribution in [-0.2, 0) is 4.74 Å². The van der Waals surface area contributed by atoms with Crippen molar-refractivity contribution in [3.63, 3.8) is 0 Å². The monoisotopic (exact) mass is 327 g/mol. The van der Waals surface area contributed by atoms with Gasteiger partial charge in [0.2, 0.25) is 0 Å². The Hall–Kier alpha value is -2.05. The second-order valence-electron chi connectivity index (χ2n) is 6.33. The lowest BCUT2D eigenvalue weighted by Crippen LogP contribution is -2.34. The maximum Gasteiger partial charge on any atom is 0.418 e. The number of nitrogens with zero attached hydrogens (tertiary/aromatic N) is 1. The number of rotatable bonds is 2. The number of carbonyl (C=O) groups excluding carboxylic acids is 1. The molecule has 3 aromatic rings. The van der Waals surface area contributed by atoms with Crippen molar-refractivity contribution < 1.29 is 14.6 Å². The van der Waals surface area contributed by atoms with Crippen molar-refractivity contribution in [3.05, 3.63) is 41.8 Å². The van der Waals surface area contributed by atoms with E-state index >= 15 is 0 Å². The largest absolute Gasteiger partial charge is 0.448 e. The Morgan fingerprint density at radius 1 is 1.26 bits per heavy atom. The summed E-state index contributed by atoms with van der Waals surface area (Å²) in [5, 5.41) is 12.6. The standard InChI is InChI=1S/C17H18BNO3S/c1-17(2,3)22-16(20)19-13-7-4-6-11(14-8-5-9-23-14)12(13)10-15(19)18-21/h4-10,18,21H,1-3H3. The maximum atomic E-state index is 12.5. The Balaban J connectivity index is 2.19. The first-order chi connectivity index (χ1) is 10.9. The van der Waals surface area contributed by atoms with Gasteiger partial charge in [-0.2, -0.15) is 0 Å². The van der Waals surface area contributed by atoms with Crippen LogP contribution in [0.4, 0.5) is 4.79 Å². The quantitative estimate of drug-likeness (QED) is 0.736. The first-order valence-electron chi connectivity index (χ1n) is 7.42. The van der Waals surface area contributed by atoms with Crippen LogP contribution in [0.1, 0.15) is 20.8 Å². The predicted octanol–water partition coefficient (Wildman–Crippen LogP) is 3.12. The average Bonchev–Trinajstić information content (AvgIpc) is 3.11. The molecular weight excluding hydrogens is 309 g/mol. The fourth-order valence-electron chi connectivity index (χ4n) is 2.57. The normalized spacial score (nSPS) is 11.7. The van der Waals surface area contributed by atoms with E-state index in [1.54, 1.807) is 11.3 Å². The highest BCUT2D eigenvalue weighted by Gasteiger charge is 2.23. The third-order valence-electron chi connectivity index (χ3n) is 3.45. The zero-order valence-electron chi connectivity index (χ0n) is 13.4. The van der Waals surface area contributed by atoms with Gasteiger partial charge in [-0.25, -0.2) is 4.79 Å². The Kier molecular flexibility index (Phi) is 4.04. The van der Waals surface area contributed by atoms with E-state index in [0.29, 0.717) is 5.59 Å². The molecule has 0 aliphatic carbocycles. The molecule has 2 heterocycles. The van der Waals surface area contributed by atoms with Gasteiger partial charge in [0, 0.05) is 21.4 Å². The molecule has 1 aromatic carbocycles. The molecular formula is C17H18BNO3S. The molecule has 0 aliphatic heterocycles. The molecule has 0 aliphatic rings. The number of hydrogen-bond acceptors (Lipinski definition) is 4. The summed E-state index contributed by atoms with van der Waals surface area (Å²) in [6.07, 6.45) is -0.472. The molecule has 23 heavy (non-hydrogen) atoms. The minimum absolute atomic E-state index is 0.224. The van der Waals surface area contributed by atoms with Crippen molar-refractivity contribution in [1.29, 1.82) is 0 Å². The number of carbonyl (C=O) groups is 1. The summed E-state index contributed by atoms with van der Waals surface area (Å²) in [5.74, 6) is 0. The Morgan fingerprint density at radius 2 is 2.04 bits per heavy atom. The summed E-state index contributed by atoms with van der Waals surface area (Å²) in [6.45, 7) is 5.48. The van der Waals surface area contributed by atoms with Crippen LogP contribution in [0.15, 0.2) is 41.8 Å². The van der Waals surface area contributed by atoms with E-state index in [0.717, 1.165) is 21.3 Å². The summed E-state index contributed by atoms with van der Waals surface area (Å²) in [6, 6.07) is 11.7. The second-order valence-corrected chi connectivity index (χ2v) is 7.27. The SMILES string of the molecule is CC(C)(C)OC(=O)n1c(BO)cc2c(-c3cccs3)cccc21. The molecule has 0 fully saturated rings. The highest BCUT2D eigenvalue weighted by atomic mass is 32.1. The van der Waals surface area contributed by atoms with Gasteiger partial charge in [-0.1, -0.05) is 18.2 Å². The minimum Gasteiger partial charge on any atom is -0.448 e. The molecule has 3 rings (SSSR count). The molecule has 0 amide bonds. The van der Waals surface area contributed by atoms with Gasteiger partial charge < -0.3 is 9.76 Å². The van der Waals surface area contributed by atoms with Crippen molar-refractivity contribution in [2.24, 2.45) is 0 Å². The van der Waals surface area contributed by atoms with Gasteiger partial charge in [-0.15, -0.1) is 11.3 Å². The number of benzene rings is 1. The Bertz CT molecular complexity index is 847. The van der Waals surface area contributed by atoms with E-state index < -0.39 is 11.7 Å². The zero-order valence-corrected chi connectivity index (χ0v) is 14.2. The molecule has 0 bridgehead atoms. The number of ether oxygens (including phenoxy) is 1. The summed E-state index contributed by atoms with van der Waals surface area (Å²) >= 11 is 1.64. The number of hydrogen-bond donors (Lipinski definition) is 1. The molecule has 6 heteroatoms. The molecule has 0 radical (unpaired) electrons. The molecule has 0 saturated heterocycles. The molecule has 0 atom stereocenters. The van der Waals surface area contributed by atoms with E-state index in [4.69, 9.17) is 4.74 Å². The first-order valence-corrected chi connectivity index (χ1v) is 8.30.